The first-order chi connectivity index (χ1) is 17.0. The van der Waals surface area contributed by atoms with Crippen LogP contribution in [-0.4, -0.2) is 28.6 Å². The predicted molar refractivity (Wildman–Crippen MR) is 142 cm³/mol. The summed E-state index contributed by atoms with van der Waals surface area (Å²) >= 11 is 6.17. The average molecular weight is 488 g/mol. The van der Waals surface area contributed by atoms with Crippen LogP contribution in [0.2, 0.25) is 5.02 Å². The minimum Gasteiger partial charge on any atom is -0.492 e. The number of aromatic nitrogens is 2. The highest BCUT2D eigenvalue weighted by Crippen LogP contribution is 2.34. The second-order valence-electron chi connectivity index (χ2n) is 9.22. The predicted octanol–water partition coefficient (Wildman–Crippen LogP) is 6.80. The number of nitrogens with zero attached hydrogens (tertiary/aromatic N) is 3. The number of hydrogen-bond donors (Lipinski definition) is 0. The number of anilines is 1. The third-order valence-electron chi connectivity index (χ3n) is 6.94. The zero-order chi connectivity index (χ0) is 24.4. The van der Waals surface area contributed by atoms with E-state index < -0.39 is 0 Å². The lowest BCUT2D eigenvalue weighted by Gasteiger charge is -2.18. The first-order valence-electron chi connectivity index (χ1n) is 12.3. The van der Waals surface area contributed by atoms with Crippen molar-refractivity contribution in [3.05, 3.63) is 89.2 Å². The van der Waals surface area contributed by atoms with Crippen LogP contribution in [0.15, 0.2) is 72.8 Å². The lowest BCUT2D eigenvalue weighted by atomic mass is 9.99. The topological polar surface area (TPSA) is 47.4 Å². The van der Waals surface area contributed by atoms with Crippen LogP contribution in [-0.2, 0) is 11.3 Å². The fourth-order valence-electron chi connectivity index (χ4n) is 4.80. The van der Waals surface area contributed by atoms with Gasteiger partial charge in [0.2, 0.25) is 5.91 Å². The van der Waals surface area contributed by atoms with Crippen molar-refractivity contribution in [1.82, 2.24) is 9.55 Å². The average Bonchev–Trinajstić information content (AvgIpc) is 3.44. The molecule has 5 nitrogen and oxygen atoms in total. The van der Waals surface area contributed by atoms with Gasteiger partial charge in [-0.15, -0.1) is 0 Å². The number of halogens is 1. The summed E-state index contributed by atoms with van der Waals surface area (Å²) in [5.74, 6) is 2.44. The van der Waals surface area contributed by atoms with Gasteiger partial charge in [0.1, 0.15) is 18.2 Å². The third kappa shape index (κ3) is 4.92. The van der Waals surface area contributed by atoms with Crippen molar-refractivity contribution in [3.8, 4) is 5.75 Å². The lowest BCUT2D eigenvalue weighted by Crippen LogP contribution is -2.24. The maximum Gasteiger partial charge on any atom is 0.227 e. The van der Waals surface area contributed by atoms with Crippen molar-refractivity contribution in [3.63, 3.8) is 0 Å². The normalized spacial score (nSPS) is 16.7. The Bertz CT molecular complexity index is 1330. The van der Waals surface area contributed by atoms with E-state index in [2.05, 4.69) is 36.6 Å². The third-order valence-corrected chi connectivity index (χ3v) is 7.17. The van der Waals surface area contributed by atoms with E-state index in [9.17, 15) is 4.79 Å². The van der Waals surface area contributed by atoms with Gasteiger partial charge in [-0.3, -0.25) is 4.79 Å². The van der Waals surface area contributed by atoms with Crippen LogP contribution in [0.4, 0.5) is 5.69 Å². The van der Waals surface area contributed by atoms with Crippen LogP contribution in [0, 0.1) is 0 Å². The molecule has 0 bridgehead atoms. The van der Waals surface area contributed by atoms with Gasteiger partial charge >= 0.3 is 0 Å². The number of benzene rings is 3. The fraction of sp³-hybridized carbons (Fsp3) is 0.310. The van der Waals surface area contributed by atoms with Gasteiger partial charge in [-0.05, 0) is 60.4 Å². The molecule has 0 N–H and O–H groups in total. The molecule has 35 heavy (non-hydrogen) atoms. The number of amides is 1. The highest BCUT2D eigenvalue weighted by molar-refractivity contribution is 6.30. The molecular formula is C29H30ClN3O2. The summed E-state index contributed by atoms with van der Waals surface area (Å²) in [6.45, 7) is 6.21. The minimum atomic E-state index is 0.00342. The number of carbonyl (C=O) groups is 1. The molecule has 2 atom stereocenters. The fourth-order valence-corrected chi connectivity index (χ4v) is 4.98. The van der Waals surface area contributed by atoms with Crippen LogP contribution in [0.1, 0.15) is 49.9 Å². The molecule has 180 valence electrons. The van der Waals surface area contributed by atoms with E-state index in [1.165, 1.54) is 5.56 Å². The molecule has 0 radical (unpaired) electrons. The standard InChI is InChI=1S/C29H30ClN3O2/c1-3-20(2)21-11-13-25(14-12-21)35-16-15-32-27-10-5-4-9-26(27)31-29(32)22-17-28(34)33(19-22)24-8-6-7-23(30)18-24/h4-14,18,20,22H,3,15-17,19H2,1-2H3. The molecule has 1 fully saturated rings. The van der Waals surface area contributed by atoms with Crippen LogP contribution in [0.5, 0.6) is 5.75 Å². The number of carbonyl (C=O) groups excluding carboxylic acids is 1. The van der Waals surface area contributed by atoms with Crippen molar-refractivity contribution in [2.45, 2.75) is 45.1 Å². The molecule has 1 aliphatic rings. The van der Waals surface area contributed by atoms with E-state index >= 15 is 0 Å². The summed E-state index contributed by atoms with van der Waals surface area (Å²) in [5, 5.41) is 0.625. The summed E-state index contributed by atoms with van der Waals surface area (Å²) in [5.41, 5.74) is 4.16. The molecule has 2 heterocycles. The monoisotopic (exact) mass is 487 g/mol. The van der Waals surface area contributed by atoms with E-state index in [-0.39, 0.29) is 11.8 Å². The molecule has 0 aliphatic carbocycles. The molecule has 4 aromatic rings. The van der Waals surface area contributed by atoms with E-state index in [0.717, 1.165) is 34.7 Å². The van der Waals surface area contributed by atoms with Gasteiger partial charge in [0, 0.05) is 29.6 Å². The number of rotatable bonds is 8. The van der Waals surface area contributed by atoms with Crippen LogP contribution in [0.3, 0.4) is 0 Å². The van der Waals surface area contributed by atoms with E-state index in [1.807, 2.05) is 59.5 Å². The Morgan fingerprint density at radius 3 is 2.66 bits per heavy atom. The zero-order valence-electron chi connectivity index (χ0n) is 20.2. The highest BCUT2D eigenvalue weighted by atomic mass is 35.5. The number of ether oxygens (including phenoxy) is 1. The Labute approximate surface area is 211 Å². The van der Waals surface area contributed by atoms with Gasteiger partial charge in [-0.2, -0.15) is 0 Å². The Balaban J connectivity index is 1.35. The van der Waals surface area contributed by atoms with Crippen LogP contribution >= 0.6 is 11.6 Å². The molecule has 0 spiro atoms. The Kier molecular flexibility index (Phi) is 6.78. The van der Waals surface area contributed by atoms with Crippen molar-refractivity contribution in [2.24, 2.45) is 0 Å². The Hall–Kier alpha value is -3.31. The van der Waals surface area contributed by atoms with Crippen molar-refractivity contribution in [1.29, 1.82) is 0 Å². The molecule has 6 heteroatoms. The van der Waals surface area contributed by atoms with Crippen molar-refractivity contribution >= 4 is 34.2 Å². The lowest BCUT2D eigenvalue weighted by molar-refractivity contribution is -0.117. The molecule has 2 unspecified atom stereocenters. The SMILES string of the molecule is CCC(C)c1ccc(OCCn2c(C3CC(=O)N(c4cccc(Cl)c4)C3)nc3ccccc32)cc1. The molecule has 3 aromatic carbocycles. The van der Waals surface area contributed by atoms with Crippen molar-refractivity contribution in [2.75, 3.05) is 18.1 Å². The van der Waals surface area contributed by atoms with E-state index in [4.69, 9.17) is 21.3 Å². The number of hydrogen-bond acceptors (Lipinski definition) is 3. The zero-order valence-corrected chi connectivity index (χ0v) is 20.9. The van der Waals surface area contributed by atoms with Gasteiger partial charge < -0.3 is 14.2 Å². The molecular weight excluding hydrogens is 458 g/mol. The van der Waals surface area contributed by atoms with Gasteiger partial charge in [-0.1, -0.05) is 55.8 Å². The summed E-state index contributed by atoms with van der Waals surface area (Å²) in [6.07, 6.45) is 1.54. The smallest absolute Gasteiger partial charge is 0.227 e. The largest absolute Gasteiger partial charge is 0.492 e. The molecule has 1 aliphatic heterocycles. The second kappa shape index (κ2) is 10.1. The number of para-hydroxylation sites is 2. The first kappa shape index (κ1) is 23.4. The van der Waals surface area contributed by atoms with Gasteiger partial charge in [0.05, 0.1) is 17.6 Å². The summed E-state index contributed by atoms with van der Waals surface area (Å²) in [7, 11) is 0. The Morgan fingerprint density at radius 1 is 1.09 bits per heavy atom. The van der Waals surface area contributed by atoms with E-state index in [1.54, 1.807) is 0 Å². The molecule has 1 aromatic heterocycles. The summed E-state index contributed by atoms with van der Waals surface area (Å²) in [4.78, 5) is 19.7. The van der Waals surface area contributed by atoms with Crippen molar-refractivity contribution < 1.29 is 9.53 Å². The van der Waals surface area contributed by atoms with Gasteiger partial charge in [0.15, 0.2) is 0 Å². The second-order valence-corrected chi connectivity index (χ2v) is 9.66. The number of imidazole rings is 1. The maximum absolute atomic E-state index is 12.9. The quantitative estimate of drug-likeness (QED) is 0.274. The van der Waals surface area contributed by atoms with Gasteiger partial charge in [0.25, 0.3) is 0 Å². The maximum atomic E-state index is 12.9. The molecule has 0 saturated carbocycles. The summed E-state index contributed by atoms with van der Waals surface area (Å²) < 4.78 is 8.31. The number of fused-ring (bicyclic) bond motifs is 1. The Morgan fingerprint density at radius 2 is 1.89 bits per heavy atom. The van der Waals surface area contributed by atoms with Crippen LogP contribution in [0.25, 0.3) is 11.0 Å². The van der Waals surface area contributed by atoms with Crippen LogP contribution < -0.4 is 9.64 Å². The van der Waals surface area contributed by atoms with E-state index in [0.29, 0.717) is 37.1 Å². The minimum absolute atomic E-state index is 0.00342. The molecule has 1 saturated heterocycles. The molecule has 5 rings (SSSR count). The van der Waals surface area contributed by atoms with Gasteiger partial charge in [-0.25, -0.2) is 4.98 Å². The molecule has 1 amide bonds. The first-order valence-corrected chi connectivity index (χ1v) is 12.6. The highest BCUT2D eigenvalue weighted by Gasteiger charge is 2.34. The summed E-state index contributed by atoms with van der Waals surface area (Å²) in [6, 6.07) is 24.0.